The molecule has 0 saturated carbocycles. The van der Waals surface area contributed by atoms with Crippen molar-refractivity contribution >= 4 is 35.4 Å². The normalized spacial score (nSPS) is 12.0. The number of imide groups is 2. The molecular weight excluding hydrogens is 624 g/mol. The Balaban J connectivity index is 1.56. The molecule has 5 rings (SSSR count). The summed E-state index contributed by atoms with van der Waals surface area (Å²) < 4.78 is 2.20. The lowest BCUT2D eigenvalue weighted by molar-refractivity contribution is -0.121. The molecule has 0 fully saturated rings. The number of carbonyl (C=O) groups is 4. The molecular formula is C37H36N6O6. The Morgan fingerprint density at radius 1 is 0.633 bits per heavy atom. The number of carbonyl (C=O) groups excluding carboxylic acids is 2. The van der Waals surface area contributed by atoms with Crippen LogP contribution in [0.25, 0.3) is 22.5 Å². The van der Waals surface area contributed by atoms with Crippen LogP contribution in [0.2, 0.25) is 0 Å². The van der Waals surface area contributed by atoms with Gasteiger partial charge in [0.15, 0.2) is 0 Å². The maximum absolute atomic E-state index is 12.2. The van der Waals surface area contributed by atoms with Crippen molar-refractivity contribution < 1.29 is 29.4 Å². The summed E-state index contributed by atoms with van der Waals surface area (Å²) >= 11 is 0. The van der Waals surface area contributed by atoms with Crippen molar-refractivity contribution in [3.8, 4) is 22.5 Å². The fourth-order valence-corrected chi connectivity index (χ4v) is 5.35. The smallest absolute Gasteiger partial charge is 0.411 e. The van der Waals surface area contributed by atoms with Crippen LogP contribution in [0.4, 0.5) is 21.0 Å². The number of imidazole rings is 1. The molecule has 1 aromatic heterocycles. The summed E-state index contributed by atoms with van der Waals surface area (Å²) in [6.07, 6.45) is -2.26. The van der Waals surface area contributed by atoms with Crippen molar-refractivity contribution in [2.75, 3.05) is 10.6 Å². The van der Waals surface area contributed by atoms with Crippen LogP contribution in [0.5, 0.6) is 0 Å². The summed E-state index contributed by atoms with van der Waals surface area (Å²) in [6.45, 7) is 3.70. The molecule has 0 unspecified atom stereocenters. The van der Waals surface area contributed by atoms with Gasteiger partial charge in [0.05, 0.1) is 11.4 Å². The monoisotopic (exact) mass is 660 g/mol. The minimum atomic E-state index is -1.42. The number of carboxylic acid groups (broad SMARTS) is 2. The molecule has 0 aliphatic carbocycles. The number of nitrogens with zero attached hydrogens (tertiary/aromatic N) is 2. The summed E-state index contributed by atoms with van der Waals surface area (Å²) in [6, 6.07) is 33.5. The first-order valence-electron chi connectivity index (χ1n) is 15.6. The van der Waals surface area contributed by atoms with Crippen LogP contribution in [-0.4, -0.2) is 55.8 Å². The number of nitrogens with one attached hydrogen (secondary N) is 4. The molecule has 0 aliphatic rings. The maximum atomic E-state index is 12.2. The fraction of sp³-hybridized carbons (Fsp3) is 0.162. The van der Waals surface area contributed by atoms with Crippen molar-refractivity contribution in [3.05, 3.63) is 126 Å². The second kappa shape index (κ2) is 15.4. The Morgan fingerprint density at radius 3 is 1.55 bits per heavy atom. The summed E-state index contributed by atoms with van der Waals surface area (Å²) in [5, 5.41) is 27.6. The van der Waals surface area contributed by atoms with Crippen molar-refractivity contribution in [3.63, 3.8) is 0 Å². The third-order valence-corrected chi connectivity index (χ3v) is 7.77. The molecule has 0 aliphatic heterocycles. The van der Waals surface area contributed by atoms with Gasteiger partial charge >= 0.3 is 12.2 Å². The zero-order valence-electron chi connectivity index (χ0n) is 26.9. The first-order chi connectivity index (χ1) is 23.6. The van der Waals surface area contributed by atoms with Gasteiger partial charge in [0.2, 0.25) is 0 Å². The van der Waals surface area contributed by atoms with Crippen LogP contribution in [0.1, 0.15) is 30.8 Å². The molecule has 4 amide bonds. The highest BCUT2D eigenvalue weighted by atomic mass is 16.4. The molecule has 6 N–H and O–H groups in total. The molecule has 49 heavy (non-hydrogen) atoms. The molecule has 12 nitrogen and oxygen atoms in total. The number of rotatable bonds is 12. The number of benzene rings is 4. The van der Waals surface area contributed by atoms with E-state index in [2.05, 4.69) is 39.5 Å². The number of hydrogen-bond acceptors (Lipinski definition) is 7. The van der Waals surface area contributed by atoms with Crippen LogP contribution in [-0.2, 0) is 22.6 Å². The molecule has 250 valence electrons. The van der Waals surface area contributed by atoms with E-state index < -0.39 is 36.1 Å². The minimum Gasteiger partial charge on any atom is -0.465 e. The van der Waals surface area contributed by atoms with Gasteiger partial charge in [-0.2, -0.15) is 0 Å². The van der Waals surface area contributed by atoms with E-state index in [1.54, 1.807) is 13.8 Å². The van der Waals surface area contributed by atoms with Gasteiger partial charge in [0.1, 0.15) is 17.9 Å². The van der Waals surface area contributed by atoms with E-state index in [1.165, 1.54) is 0 Å². The van der Waals surface area contributed by atoms with Crippen molar-refractivity contribution in [1.29, 1.82) is 0 Å². The number of hydrogen-bond donors (Lipinski definition) is 6. The fourth-order valence-electron chi connectivity index (χ4n) is 5.35. The van der Waals surface area contributed by atoms with Gasteiger partial charge in [0, 0.05) is 35.5 Å². The molecule has 2 atom stereocenters. The summed E-state index contributed by atoms with van der Waals surface area (Å²) in [5.74, 6) is -0.485. The molecule has 12 heteroatoms. The highest BCUT2D eigenvalue weighted by Gasteiger charge is 2.22. The highest BCUT2D eigenvalue weighted by molar-refractivity contribution is 5.96. The molecule has 0 saturated heterocycles. The third-order valence-electron chi connectivity index (χ3n) is 7.77. The SMILES string of the molecule is C[C@H](Nc1ccc(-c2nc(Cc3ccccc3)n(Cc3ccccc3)c2-c2ccc(N[C@@H](C)C(=O)NC(=O)O)cc2)cc1)C(=O)NC(=O)O. The molecule has 1 heterocycles. The van der Waals surface area contributed by atoms with Crippen molar-refractivity contribution in [2.45, 2.75) is 38.9 Å². The van der Waals surface area contributed by atoms with E-state index >= 15 is 0 Å². The van der Waals surface area contributed by atoms with E-state index in [0.29, 0.717) is 24.3 Å². The lowest BCUT2D eigenvalue weighted by Gasteiger charge is -2.16. The van der Waals surface area contributed by atoms with Crippen LogP contribution in [0, 0.1) is 0 Å². The van der Waals surface area contributed by atoms with Gasteiger partial charge < -0.3 is 25.4 Å². The van der Waals surface area contributed by atoms with Crippen LogP contribution >= 0.6 is 0 Å². The Kier molecular flexibility index (Phi) is 10.7. The lowest BCUT2D eigenvalue weighted by atomic mass is 10.0. The standard InChI is InChI=1S/C37H36N6O6/c1-23(34(44)41-36(46)47)38-29-17-13-27(14-18-29)32-33(28-15-19-30(20-16-28)39-24(2)35(45)42-37(48)49)43(22-26-11-7-4-8-12-26)31(40-32)21-25-9-5-3-6-10-25/h3-20,23-24,38-39H,21-22H2,1-2H3,(H,41,44)(H,42,45)(H,46,47)(H,48,49)/t23-,24-/m0/s1. The van der Waals surface area contributed by atoms with E-state index in [4.69, 9.17) is 15.2 Å². The van der Waals surface area contributed by atoms with E-state index in [0.717, 1.165) is 39.5 Å². The third kappa shape index (κ3) is 8.89. The highest BCUT2D eigenvalue weighted by Crippen LogP contribution is 2.35. The Morgan fingerprint density at radius 2 is 1.08 bits per heavy atom. The molecule has 0 radical (unpaired) electrons. The average Bonchev–Trinajstić information content (AvgIpc) is 3.42. The zero-order chi connectivity index (χ0) is 34.9. The van der Waals surface area contributed by atoms with Crippen LogP contribution in [0.3, 0.4) is 0 Å². The van der Waals surface area contributed by atoms with Gasteiger partial charge in [-0.05, 0) is 49.2 Å². The average molecular weight is 661 g/mol. The zero-order valence-corrected chi connectivity index (χ0v) is 26.9. The largest absolute Gasteiger partial charge is 0.465 e. The topological polar surface area (TPSA) is 175 Å². The summed E-state index contributed by atoms with van der Waals surface area (Å²) in [5.41, 5.74) is 6.75. The van der Waals surface area contributed by atoms with E-state index in [-0.39, 0.29) is 0 Å². The maximum Gasteiger partial charge on any atom is 0.411 e. The Labute approximate surface area is 282 Å². The molecule has 4 aromatic carbocycles. The van der Waals surface area contributed by atoms with Gasteiger partial charge in [-0.1, -0.05) is 84.9 Å². The molecule has 5 aromatic rings. The Hall–Kier alpha value is -6.43. The predicted molar refractivity (Wildman–Crippen MR) is 186 cm³/mol. The number of aromatic nitrogens is 2. The van der Waals surface area contributed by atoms with Gasteiger partial charge in [-0.15, -0.1) is 0 Å². The molecule has 0 bridgehead atoms. The predicted octanol–water partition coefficient (Wildman–Crippen LogP) is 6.05. The second-order valence-corrected chi connectivity index (χ2v) is 11.4. The summed E-state index contributed by atoms with van der Waals surface area (Å²) in [7, 11) is 0. The van der Waals surface area contributed by atoms with E-state index in [1.807, 2.05) is 95.6 Å². The first kappa shape index (κ1) is 33.9. The number of anilines is 2. The lowest BCUT2D eigenvalue weighted by Crippen LogP contribution is -2.40. The summed E-state index contributed by atoms with van der Waals surface area (Å²) in [4.78, 5) is 51.3. The van der Waals surface area contributed by atoms with E-state index in [9.17, 15) is 19.2 Å². The quantitative estimate of drug-likeness (QED) is 0.0931. The van der Waals surface area contributed by atoms with Crippen molar-refractivity contribution in [2.24, 2.45) is 0 Å². The first-order valence-corrected chi connectivity index (χ1v) is 15.6. The Bertz CT molecular complexity index is 1930. The van der Waals surface area contributed by atoms with Gasteiger partial charge in [0.25, 0.3) is 11.8 Å². The minimum absolute atomic E-state index is 0.549. The van der Waals surface area contributed by atoms with Gasteiger partial charge in [-0.3, -0.25) is 20.2 Å². The van der Waals surface area contributed by atoms with Gasteiger partial charge in [-0.25, -0.2) is 14.6 Å². The second-order valence-electron chi connectivity index (χ2n) is 11.4. The molecule has 0 spiro atoms. The number of amides is 4. The van der Waals surface area contributed by atoms with Crippen LogP contribution in [0.15, 0.2) is 109 Å². The van der Waals surface area contributed by atoms with Crippen LogP contribution < -0.4 is 21.3 Å². The van der Waals surface area contributed by atoms with Crippen molar-refractivity contribution in [1.82, 2.24) is 20.2 Å².